The van der Waals surface area contributed by atoms with E-state index in [0.29, 0.717) is 6.54 Å². The predicted molar refractivity (Wildman–Crippen MR) is 80.6 cm³/mol. The fourth-order valence-corrected chi connectivity index (χ4v) is 2.33. The Bertz CT molecular complexity index is 505. The van der Waals surface area contributed by atoms with Crippen LogP contribution in [0.2, 0.25) is 0 Å². The Morgan fingerprint density at radius 2 is 1.53 bits per heavy atom. The molecule has 0 aliphatic heterocycles. The van der Waals surface area contributed by atoms with Crippen LogP contribution < -0.4 is 11.5 Å². The Morgan fingerprint density at radius 1 is 0.947 bits per heavy atom. The van der Waals surface area contributed by atoms with Gasteiger partial charge in [-0.1, -0.05) is 61.5 Å². The summed E-state index contributed by atoms with van der Waals surface area (Å²) in [6.07, 6.45) is 2.94. The second-order valence-electron chi connectivity index (χ2n) is 4.76. The number of rotatable bonds is 5. The molecule has 0 aliphatic rings. The molecule has 0 spiro atoms. The highest BCUT2D eigenvalue weighted by atomic mass is 14.7. The minimum absolute atomic E-state index is 0.539. The monoisotopic (exact) mass is 253 g/mol. The van der Waals surface area contributed by atoms with Crippen molar-refractivity contribution in [3.8, 4) is 0 Å². The maximum Gasteiger partial charge on any atom is 0.0695 e. The van der Waals surface area contributed by atoms with E-state index >= 15 is 0 Å². The smallest absolute Gasteiger partial charge is 0.0695 e. The van der Waals surface area contributed by atoms with Gasteiger partial charge in [-0.3, -0.25) is 0 Å². The van der Waals surface area contributed by atoms with Crippen molar-refractivity contribution in [2.45, 2.75) is 18.9 Å². The molecule has 0 fully saturated rings. The molecular formula is C17H21N2. The maximum absolute atomic E-state index is 6.58. The average molecular weight is 253 g/mol. The van der Waals surface area contributed by atoms with Crippen molar-refractivity contribution in [1.29, 1.82) is 0 Å². The summed E-state index contributed by atoms with van der Waals surface area (Å²) in [6, 6.07) is 18.6. The molecule has 2 heteroatoms. The summed E-state index contributed by atoms with van der Waals surface area (Å²) in [4.78, 5) is 0. The molecule has 1 atom stereocenters. The second-order valence-corrected chi connectivity index (χ2v) is 4.76. The van der Waals surface area contributed by atoms with Crippen LogP contribution >= 0.6 is 0 Å². The predicted octanol–water partition coefficient (Wildman–Crippen LogP) is 2.61. The third-order valence-electron chi connectivity index (χ3n) is 3.57. The molecule has 99 valence electrons. The van der Waals surface area contributed by atoms with E-state index in [1.807, 2.05) is 31.5 Å². The van der Waals surface area contributed by atoms with E-state index in [1.165, 1.54) is 5.56 Å². The van der Waals surface area contributed by atoms with Gasteiger partial charge in [0.25, 0.3) is 0 Å². The molecule has 0 aliphatic carbocycles. The molecular weight excluding hydrogens is 232 g/mol. The first kappa shape index (κ1) is 13.8. The lowest BCUT2D eigenvalue weighted by Crippen LogP contribution is -2.37. The molecule has 0 heterocycles. The van der Waals surface area contributed by atoms with Gasteiger partial charge in [-0.2, -0.15) is 0 Å². The fourth-order valence-electron chi connectivity index (χ4n) is 2.33. The first-order valence-corrected chi connectivity index (χ1v) is 6.65. The average Bonchev–Trinajstić information content (AvgIpc) is 2.48. The minimum Gasteiger partial charge on any atom is -0.330 e. The lowest BCUT2D eigenvalue weighted by Gasteiger charge is -2.29. The molecule has 4 N–H and O–H groups in total. The molecule has 19 heavy (non-hydrogen) atoms. The summed E-state index contributed by atoms with van der Waals surface area (Å²) in [5.74, 6) is 0. The van der Waals surface area contributed by atoms with E-state index in [9.17, 15) is 0 Å². The van der Waals surface area contributed by atoms with Crippen molar-refractivity contribution in [3.63, 3.8) is 0 Å². The third kappa shape index (κ3) is 2.86. The zero-order chi connectivity index (χ0) is 13.7. The zero-order valence-corrected chi connectivity index (χ0v) is 11.3. The lowest BCUT2D eigenvalue weighted by atomic mass is 9.81. The number of hydrogen-bond acceptors (Lipinski definition) is 2. The molecule has 0 aromatic heterocycles. The Labute approximate surface area is 115 Å². The highest BCUT2D eigenvalue weighted by molar-refractivity contribution is 5.41. The molecule has 0 saturated heterocycles. The second kappa shape index (κ2) is 6.00. The summed E-state index contributed by atoms with van der Waals surface area (Å²) in [7, 11) is 0. The van der Waals surface area contributed by atoms with E-state index in [2.05, 4.69) is 36.4 Å². The van der Waals surface area contributed by atoms with Crippen LogP contribution in [0.3, 0.4) is 0 Å². The number of hydrogen-bond donors (Lipinski definition) is 2. The van der Waals surface area contributed by atoms with Crippen molar-refractivity contribution in [3.05, 3.63) is 77.7 Å². The van der Waals surface area contributed by atoms with Crippen molar-refractivity contribution in [2.75, 3.05) is 6.54 Å². The molecule has 0 bridgehead atoms. The van der Waals surface area contributed by atoms with E-state index in [0.717, 1.165) is 17.5 Å². The number of benzene rings is 2. The Kier molecular flexibility index (Phi) is 4.35. The van der Waals surface area contributed by atoms with Gasteiger partial charge in [0, 0.05) is 0 Å². The maximum atomic E-state index is 6.58. The lowest BCUT2D eigenvalue weighted by molar-refractivity contribution is 0.628. The summed E-state index contributed by atoms with van der Waals surface area (Å²) in [5, 5.41) is 0. The van der Waals surface area contributed by atoms with Crippen LogP contribution in [0.15, 0.2) is 54.6 Å². The molecule has 1 radical (unpaired) electrons. The van der Waals surface area contributed by atoms with Crippen LogP contribution in [0.5, 0.6) is 0 Å². The van der Waals surface area contributed by atoms with Gasteiger partial charge in [-0.05, 0) is 36.1 Å². The minimum atomic E-state index is -0.539. The van der Waals surface area contributed by atoms with Crippen molar-refractivity contribution >= 4 is 0 Å². The first-order valence-electron chi connectivity index (χ1n) is 6.65. The standard InChI is InChI=1S/C17H21N2/c1-2-17(19,15-6-4-3-5-7-15)16-10-8-14(9-11-16)12-13-18/h2-11H,12-13,18-19H2,1H3. The van der Waals surface area contributed by atoms with Gasteiger partial charge in [0.05, 0.1) is 5.54 Å². The van der Waals surface area contributed by atoms with Gasteiger partial charge in [0.2, 0.25) is 0 Å². The van der Waals surface area contributed by atoms with E-state index < -0.39 is 5.54 Å². The molecule has 2 aromatic rings. The summed E-state index contributed by atoms with van der Waals surface area (Å²) < 4.78 is 0. The topological polar surface area (TPSA) is 52.0 Å². The molecule has 0 saturated carbocycles. The molecule has 1 unspecified atom stereocenters. The molecule has 2 aromatic carbocycles. The van der Waals surface area contributed by atoms with Crippen molar-refractivity contribution in [2.24, 2.45) is 11.5 Å². The fraction of sp³-hybridized carbons (Fsp3) is 0.235. The van der Waals surface area contributed by atoms with Gasteiger partial charge in [0.15, 0.2) is 0 Å². The van der Waals surface area contributed by atoms with Crippen LogP contribution in [0.1, 0.15) is 23.6 Å². The molecule has 2 rings (SSSR count). The van der Waals surface area contributed by atoms with Gasteiger partial charge >= 0.3 is 0 Å². The molecule has 0 amide bonds. The summed E-state index contributed by atoms with van der Waals surface area (Å²) >= 11 is 0. The van der Waals surface area contributed by atoms with Crippen LogP contribution in [0.4, 0.5) is 0 Å². The zero-order valence-electron chi connectivity index (χ0n) is 11.3. The van der Waals surface area contributed by atoms with Gasteiger partial charge < -0.3 is 11.5 Å². The number of nitrogens with two attached hydrogens (primary N) is 2. The Balaban J connectivity index is 2.36. The van der Waals surface area contributed by atoms with Crippen molar-refractivity contribution in [1.82, 2.24) is 0 Å². The Hall–Kier alpha value is -1.64. The highest BCUT2D eigenvalue weighted by Crippen LogP contribution is 2.29. The quantitative estimate of drug-likeness (QED) is 0.860. The highest BCUT2D eigenvalue weighted by Gasteiger charge is 2.27. The van der Waals surface area contributed by atoms with E-state index in [-0.39, 0.29) is 0 Å². The van der Waals surface area contributed by atoms with Crippen LogP contribution in [0.25, 0.3) is 0 Å². The third-order valence-corrected chi connectivity index (χ3v) is 3.57. The SMILES string of the molecule is C[CH]C(N)(c1ccccc1)c1ccc(CCN)cc1. The summed E-state index contributed by atoms with van der Waals surface area (Å²) in [5.41, 5.74) is 15.1. The van der Waals surface area contributed by atoms with Crippen LogP contribution in [0, 0.1) is 6.42 Å². The molecule has 2 nitrogen and oxygen atoms in total. The van der Waals surface area contributed by atoms with Crippen LogP contribution in [-0.2, 0) is 12.0 Å². The van der Waals surface area contributed by atoms with E-state index in [4.69, 9.17) is 11.5 Å². The van der Waals surface area contributed by atoms with Gasteiger partial charge in [-0.25, -0.2) is 0 Å². The van der Waals surface area contributed by atoms with Gasteiger partial charge in [-0.15, -0.1) is 0 Å². The first-order chi connectivity index (χ1) is 9.20. The normalized spacial score (nSPS) is 14.1. The Morgan fingerprint density at radius 3 is 2.05 bits per heavy atom. The largest absolute Gasteiger partial charge is 0.330 e. The van der Waals surface area contributed by atoms with Gasteiger partial charge in [0.1, 0.15) is 0 Å². The van der Waals surface area contributed by atoms with E-state index in [1.54, 1.807) is 0 Å². The summed E-state index contributed by atoms with van der Waals surface area (Å²) in [6.45, 7) is 2.67. The van der Waals surface area contributed by atoms with Crippen LogP contribution in [-0.4, -0.2) is 6.54 Å². The van der Waals surface area contributed by atoms with Crippen molar-refractivity contribution < 1.29 is 0 Å².